The Kier molecular flexibility index (Phi) is 59.9. The predicted octanol–water partition coefficient (Wildman–Crippen LogP) is 21.1. The van der Waals surface area contributed by atoms with E-state index >= 15 is 0 Å². The number of carbonyl (C=O) groups is 1. The summed E-state index contributed by atoms with van der Waals surface area (Å²) in [6.07, 6.45) is 85.9. The van der Waals surface area contributed by atoms with Gasteiger partial charge in [0, 0.05) is 6.42 Å². The largest absolute Gasteiger partial charge is 0.756 e. The van der Waals surface area contributed by atoms with Gasteiger partial charge in [-0.3, -0.25) is 9.36 Å². The van der Waals surface area contributed by atoms with Crippen molar-refractivity contribution >= 4 is 13.7 Å². The normalized spacial score (nSPS) is 14.1. The standard InChI is InChI=1S/C71H133N2O6P/c1-6-8-10-12-14-16-18-20-22-24-26-27-28-29-30-31-32-33-34-35-36-37-38-39-40-41-42-43-44-45-47-49-51-53-55-57-59-61-63-65-71(75)72-69(68-79-80(76,77)78-67-66-73(3,4)5)70(74)64-62-60-58-56-54-52-50-48-46-25-23-21-19-17-15-13-11-9-7-2/h8,10,14,16,20,22,26-27,29-30,62,64,69-70,74H,6-7,9,11-13,15,17-19,21,23-25,28,31-61,63,65-68H2,1-5H3,(H-,72,75,76,77)/b10-8-,16-14-,22-20-,27-26-,30-29-,64-62+. The number of nitrogens with zero attached hydrogens (tertiary/aromatic N) is 1. The van der Waals surface area contributed by atoms with Gasteiger partial charge in [-0.15, -0.1) is 0 Å². The van der Waals surface area contributed by atoms with Crippen LogP contribution in [-0.4, -0.2) is 68.5 Å². The van der Waals surface area contributed by atoms with Gasteiger partial charge in [-0.2, -0.15) is 0 Å². The molecule has 0 rings (SSSR count). The molecule has 0 aromatic heterocycles. The molecule has 0 aromatic rings. The van der Waals surface area contributed by atoms with Crippen molar-refractivity contribution in [1.29, 1.82) is 0 Å². The van der Waals surface area contributed by atoms with Crippen LogP contribution in [0.5, 0.6) is 0 Å². The van der Waals surface area contributed by atoms with Crippen molar-refractivity contribution in [2.24, 2.45) is 0 Å². The molecule has 80 heavy (non-hydrogen) atoms. The maximum absolute atomic E-state index is 13.0. The van der Waals surface area contributed by atoms with Crippen LogP contribution in [-0.2, 0) is 18.4 Å². The van der Waals surface area contributed by atoms with Gasteiger partial charge in [-0.05, 0) is 64.2 Å². The van der Waals surface area contributed by atoms with Gasteiger partial charge in [-0.1, -0.05) is 324 Å². The van der Waals surface area contributed by atoms with Crippen LogP contribution in [0.3, 0.4) is 0 Å². The molecular formula is C71H133N2O6P. The fraction of sp³-hybridized carbons (Fsp3) is 0.817. The summed E-state index contributed by atoms with van der Waals surface area (Å²) in [5.41, 5.74) is 0. The molecule has 0 saturated carbocycles. The molecule has 0 fully saturated rings. The number of nitrogens with one attached hydrogen (secondary N) is 1. The Morgan fingerprint density at radius 1 is 0.450 bits per heavy atom. The van der Waals surface area contributed by atoms with Crippen molar-refractivity contribution in [1.82, 2.24) is 5.32 Å². The fourth-order valence-electron chi connectivity index (χ4n) is 10.1. The van der Waals surface area contributed by atoms with E-state index in [0.717, 1.165) is 70.6 Å². The third-order valence-corrected chi connectivity index (χ3v) is 16.4. The first-order valence-electron chi connectivity index (χ1n) is 34.3. The molecule has 0 radical (unpaired) electrons. The quantitative estimate of drug-likeness (QED) is 0.0272. The van der Waals surface area contributed by atoms with Gasteiger partial charge in [0.25, 0.3) is 7.82 Å². The number of aliphatic hydroxyl groups excluding tert-OH is 1. The van der Waals surface area contributed by atoms with Crippen LogP contribution in [0, 0.1) is 0 Å². The highest BCUT2D eigenvalue weighted by Crippen LogP contribution is 2.38. The maximum atomic E-state index is 13.0. The topological polar surface area (TPSA) is 108 Å². The van der Waals surface area contributed by atoms with Gasteiger partial charge in [0.2, 0.25) is 5.91 Å². The van der Waals surface area contributed by atoms with Gasteiger partial charge >= 0.3 is 0 Å². The van der Waals surface area contributed by atoms with Crippen molar-refractivity contribution in [3.05, 3.63) is 72.9 Å². The summed E-state index contributed by atoms with van der Waals surface area (Å²) in [7, 11) is 1.27. The third-order valence-electron chi connectivity index (χ3n) is 15.4. The first kappa shape index (κ1) is 77.9. The lowest BCUT2D eigenvalue weighted by molar-refractivity contribution is -0.870. The minimum Gasteiger partial charge on any atom is -0.756 e. The summed E-state index contributed by atoms with van der Waals surface area (Å²) in [5.74, 6) is -0.192. The van der Waals surface area contributed by atoms with E-state index in [9.17, 15) is 19.4 Å². The Hall–Kier alpha value is -2.06. The van der Waals surface area contributed by atoms with Crippen LogP contribution < -0.4 is 10.2 Å². The summed E-state index contributed by atoms with van der Waals surface area (Å²) in [4.78, 5) is 25.6. The van der Waals surface area contributed by atoms with Crippen molar-refractivity contribution in [3.8, 4) is 0 Å². The number of phosphoric ester groups is 1. The zero-order valence-electron chi connectivity index (χ0n) is 53.5. The zero-order chi connectivity index (χ0) is 58.4. The number of aliphatic hydroxyl groups is 1. The Morgan fingerprint density at radius 2 is 0.762 bits per heavy atom. The molecule has 0 aliphatic rings. The summed E-state index contributed by atoms with van der Waals surface area (Å²) >= 11 is 0. The third kappa shape index (κ3) is 63.5. The van der Waals surface area contributed by atoms with Gasteiger partial charge < -0.3 is 28.8 Å². The summed E-state index contributed by atoms with van der Waals surface area (Å²) in [6, 6.07) is -0.887. The average Bonchev–Trinajstić information content (AvgIpc) is 3.42. The van der Waals surface area contributed by atoms with E-state index in [4.69, 9.17) is 9.05 Å². The van der Waals surface area contributed by atoms with E-state index in [1.54, 1.807) is 6.08 Å². The molecule has 9 heteroatoms. The lowest BCUT2D eigenvalue weighted by atomic mass is 10.0. The summed E-state index contributed by atoms with van der Waals surface area (Å²) in [5, 5.41) is 13.9. The molecule has 8 nitrogen and oxygen atoms in total. The molecule has 1 amide bonds. The van der Waals surface area contributed by atoms with Crippen LogP contribution in [0.25, 0.3) is 0 Å². The molecule has 0 aliphatic heterocycles. The monoisotopic (exact) mass is 1140 g/mol. The minimum atomic E-state index is -4.60. The molecule has 3 unspecified atom stereocenters. The maximum Gasteiger partial charge on any atom is 0.268 e. The second-order valence-electron chi connectivity index (χ2n) is 24.5. The van der Waals surface area contributed by atoms with Crippen molar-refractivity contribution in [3.63, 3.8) is 0 Å². The number of hydrogen-bond acceptors (Lipinski definition) is 6. The van der Waals surface area contributed by atoms with Gasteiger partial charge in [0.1, 0.15) is 13.2 Å². The Bertz CT molecular complexity index is 1530. The molecule has 3 atom stereocenters. The highest BCUT2D eigenvalue weighted by Gasteiger charge is 2.23. The van der Waals surface area contributed by atoms with Gasteiger partial charge in [0.05, 0.1) is 39.9 Å². The Morgan fingerprint density at radius 3 is 1.11 bits per heavy atom. The number of rotatable bonds is 63. The number of amides is 1. The van der Waals surface area contributed by atoms with E-state index in [2.05, 4.69) is 79.9 Å². The molecule has 2 N–H and O–H groups in total. The molecule has 0 bridgehead atoms. The lowest BCUT2D eigenvalue weighted by Gasteiger charge is -2.29. The average molecular weight is 1140 g/mol. The van der Waals surface area contributed by atoms with Crippen molar-refractivity contribution < 1.29 is 32.9 Å². The van der Waals surface area contributed by atoms with Crippen LogP contribution in [0.4, 0.5) is 0 Å². The smallest absolute Gasteiger partial charge is 0.268 e. The molecule has 0 aliphatic carbocycles. The van der Waals surface area contributed by atoms with E-state index < -0.39 is 20.0 Å². The van der Waals surface area contributed by atoms with Crippen LogP contribution in [0.1, 0.15) is 322 Å². The first-order valence-corrected chi connectivity index (χ1v) is 35.8. The number of carbonyl (C=O) groups excluding carboxylic acids is 1. The zero-order valence-corrected chi connectivity index (χ0v) is 54.4. The molecule has 0 heterocycles. The summed E-state index contributed by atoms with van der Waals surface area (Å²) in [6.45, 7) is 4.57. The number of phosphoric acid groups is 1. The molecule has 0 spiro atoms. The van der Waals surface area contributed by atoms with Crippen LogP contribution in [0.2, 0.25) is 0 Å². The molecule has 468 valence electrons. The van der Waals surface area contributed by atoms with Crippen LogP contribution >= 0.6 is 7.82 Å². The first-order chi connectivity index (χ1) is 39.0. The van der Waals surface area contributed by atoms with E-state index in [1.165, 1.54) is 231 Å². The Labute approximate surface area is 497 Å². The minimum absolute atomic E-state index is 0.000269. The molecule has 0 aromatic carbocycles. The molecular weight excluding hydrogens is 1010 g/mol. The number of allylic oxidation sites excluding steroid dienone is 11. The number of hydrogen-bond donors (Lipinski definition) is 2. The number of unbranched alkanes of at least 4 members (excludes halogenated alkanes) is 40. The van der Waals surface area contributed by atoms with E-state index in [0.29, 0.717) is 17.4 Å². The second-order valence-corrected chi connectivity index (χ2v) is 25.9. The summed E-state index contributed by atoms with van der Waals surface area (Å²) < 4.78 is 23.4. The SMILES string of the molecule is CC/C=C\C/C=C\C/C=C\C/C=C\C/C=C\CCCCCCCCCCCCCCCCCCCCCCCCCC(=O)NC(COP(=O)([O-])OCC[N+](C)(C)C)C(O)/C=C/CCCCCCCCCCCCCCCCCCC. The van der Waals surface area contributed by atoms with Crippen molar-refractivity contribution in [2.45, 2.75) is 334 Å². The fourth-order valence-corrected chi connectivity index (χ4v) is 10.8. The highest BCUT2D eigenvalue weighted by atomic mass is 31.2. The van der Waals surface area contributed by atoms with Crippen LogP contribution in [0.15, 0.2) is 72.9 Å². The number of quaternary nitrogens is 1. The Balaban J connectivity index is 3.96. The predicted molar refractivity (Wildman–Crippen MR) is 348 cm³/mol. The highest BCUT2D eigenvalue weighted by molar-refractivity contribution is 7.45. The van der Waals surface area contributed by atoms with E-state index in [1.807, 2.05) is 27.2 Å². The van der Waals surface area contributed by atoms with Gasteiger partial charge in [-0.25, -0.2) is 0 Å². The van der Waals surface area contributed by atoms with E-state index in [-0.39, 0.29) is 19.1 Å². The lowest BCUT2D eigenvalue weighted by Crippen LogP contribution is -2.45. The molecule has 0 saturated heterocycles. The number of likely N-dealkylation sites (N-methyl/N-ethyl adjacent to an activating group) is 1. The second kappa shape index (κ2) is 61.5. The van der Waals surface area contributed by atoms with Crippen molar-refractivity contribution in [2.75, 3.05) is 40.9 Å². The van der Waals surface area contributed by atoms with Gasteiger partial charge in [0.15, 0.2) is 0 Å².